The van der Waals surface area contributed by atoms with E-state index in [4.69, 9.17) is 0 Å². The van der Waals surface area contributed by atoms with Crippen molar-refractivity contribution in [3.8, 4) is 0 Å². The summed E-state index contributed by atoms with van der Waals surface area (Å²) < 4.78 is 35.4. The highest BCUT2D eigenvalue weighted by atomic mass is 31.0. The molecule has 0 saturated carbocycles. The molecule has 0 saturated heterocycles. The lowest BCUT2D eigenvalue weighted by atomic mass is 10.2. The largest absolute Gasteiger partial charge is 0.416 e. The third-order valence-corrected chi connectivity index (χ3v) is 1.10. The lowest BCUT2D eigenvalue weighted by Crippen LogP contribution is -2.03. The number of alkyl halides is 3. The van der Waals surface area contributed by atoms with E-state index in [1.807, 2.05) is 6.66 Å². The van der Waals surface area contributed by atoms with E-state index in [1.165, 1.54) is 12.1 Å². The van der Waals surface area contributed by atoms with E-state index in [0.29, 0.717) is 0 Å². The van der Waals surface area contributed by atoms with Gasteiger partial charge in [-0.25, -0.2) is 0 Å². The maximum absolute atomic E-state index is 11.8. The molecule has 0 bridgehead atoms. The predicted molar refractivity (Wildman–Crippen MR) is 47.1 cm³/mol. The fraction of sp³-hybridized carbons (Fsp3) is 0.250. The Balaban J connectivity index is 0.000000561. The van der Waals surface area contributed by atoms with E-state index >= 15 is 0 Å². The second-order valence-electron chi connectivity index (χ2n) is 1.86. The van der Waals surface area contributed by atoms with Gasteiger partial charge in [0.25, 0.3) is 0 Å². The zero-order chi connectivity index (χ0) is 9.61. The van der Waals surface area contributed by atoms with Gasteiger partial charge in [0.15, 0.2) is 0 Å². The number of benzene rings is 1. The third-order valence-electron chi connectivity index (χ3n) is 1.10. The molecule has 12 heavy (non-hydrogen) atoms. The lowest BCUT2D eigenvalue weighted by Gasteiger charge is -2.03. The Morgan fingerprint density at radius 2 is 1.42 bits per heavy atom. The van der Waals surface area contributed by atoms with Gasteiger partial charge in [-0.3, -0.25) is 0 Å². The van der Waals surface area contributed by atoms with Gasteiger partial charge in [0.2, 0.25) is 0 Å². The molecule has 0 amide bonds. The molecule has 0 nitrogen and oxygen atoms in total. The maximum atomic E-state index is 11.8. The van der Waals surface area contributed by atoms with Crippen LogP contribution in [0.2, 0.25) is 0 Å². The van der Waals surface area contributed by atoms with Gasteiger partial charge in [0.1, 0.15) is 0 Å². The Labute approximate surface area is 72.0 Å². The first-order chi connectivity index (χ1) is 5.61. The Hall–Kier alpha value is -0.560. The SMILES string of the molecule is CP.FC(F)(F)c1ccccc1. The molecule has 4 heteroatoms. The van der Waals surface area contributed by atoms with Crippen molar-refractivity contribution < 1.29 is 13.2 Å². The van der Waals surface area contributed by atoms with E-state index in [1.54, 1.807) is 6.07 Å². The zero-order valence-corrected chi connectivity index (χ0v) is 7.75. The Morgan fingerprint density at radius 1 is 1.00 bits per heavy atom. The highest BCUT2D eigenvalue weighted by molar-refractivity contribution is 7.15. The highest BCUT2D eigenvalue weighted by Crippen LogP contribution is 2.28. The van der Waals surface area contributed by atoms with E-state index in [2.05, 4.69) is 9.24 Å². The third kappa shape index (κ3) is 3.72. The normalized spacial score (nSPS) is 10.1. The standard InChI is InChI=1S/C7H5F3.CH5P/c8-7(9,10)6-4-2-1-3-5-6;1-2/h1-5H;2H2,1H3. The molecule has 1 aromatic rings. The van der Waals surface area contributed by atoms with Crippen molar-refractivity contribution >= 4 is 9.24 Å². The van der Waals surface area contributed by atoms with Crippen LogP contribution in [0.3, 0.4) is 0 Å². The second kappa shape index (κ2) is 5.15. The van der Waals surface area contributed by atoms with Crippen LogP contribution in [-0.2, 0) is 6.18 Å². The van der Waals surface area contributed by atoms with Crippen LogP contribution in [-0.4, -0.2) is 6.66 Å². The molecule has 0 aliphatic heterocycles. The molecule has 0 aliphatic carbocycles. The van der Waals surface area contributed by atoms with Crippen molar-refractivity contribution in [2.24, 2.45) is 0 Å². The molecule has 0 radical (unpaired) electrons. The van der Waals surface area contributed by atoms with Crippen molar-refractivity contribution in [2.75, 3.05) is 6.66 Å². The van der Waals surface area contributed by atoms with Crippen molar-refractivity contribution in [1.29, 1.82) is 0 Å². The van der Waals surface area contributed by atoms with Crippen LogP contribution in [0, 0.1) is 0 Å². The summed E-state index contributed by atoms with van der Waals surface area (Å²) in [4.78, 5) is 0. The first-order valence-electron chi connectivity index (χ1n) is 3.30. The summed E-state index contributed by atoms with van der Waals surface area (Å²) in [5.74, 6) is 0. The summed E-state index contributed by atoms with van der Waals surface area (Å²) in [5.41, 5.74) is -0.602. The second-order valence-corrected chi connectivity index (χ2v) is 1.86. The Kier molecular flexibility index (Phi) is 4.91. The molecule has 1 aromatic carbocycles. The molecule has 1 unspecified atom stereocenters. The molecule has 0 aliphatic rings. The van der Waals surface area contributed by atoms with Gasteiger partial charge in [-0.05, 0) is 0 Å². The summed E-state index contributed by atoms with van der Waals surface area (Å²) >= 11 is 0. The van der Waals surface area contributed by atoms with Gasteiger partial charge in [0, 0.05) is 0 Å². The number of halogens is 3. The summed E-state index contributed by atoms with van der Waals surface area (Å²) in [6.07, 6.45) is -4.21. The first kappa shape index (κ1) is 11.4. The van der Waals surface area contributed by atoms with Gasteiger partial charge in [-0.2, -0.15) is 13.2 Å². The van der Waals surface area contributed by atoms with Gasteiger partial charge < -0.3 is 0 Å². The van der Waals surface area contributed by atoms with Crippen LogP contribution < -0.4 is 0 Å². The molecule has 0 heterocycles. The molecule has 68 valence electrons. The molecule has 1 rings (SSSR count). The van der Waals surface area contributed by atoms with Crippen molar-refractivity contribution in [1.82, 2.24) is 0 Å². The van der Waals surface area contributed by atoms with Gasteiger partial charge in [0.05, 0.1) is 5.56 Å². The predicted octanol–water partition coefficient (Wildman–Crippen LogP) is 3.20. The minimum Gasteiger partial charge on any atom is -0.166 e. The summed E-state index contributed by atoms with van der Waals surface area (Å²) in [7, 11) is 2.42. The van der Waals surface area contributed by atoms with Crippen LogP contribution in [0.25, 0.3) is 0 Å². The number of hydrogen-bond acceptors (Lipinski definition) is 0. The first-order valence-corrected chi connectivity index (χ1v) is 4.46. The molecule has 0 N–H and O–H groups in total. The highest BCUT2D eigenvalue weighted by Gasteiger charge is 2.29. The Morgan fingerprint density at radius 3 is 1.67 bits per heavy atom. The minimum absolute atomic E-state index is 0.602. The monoisotopic (exact) mass is 194 g/mol. The van der Waals surface area contributed by atoms with Crippen molar-refractivity contribution in [3.05, 3.63) is 35.9 Å². The van der Waals surface area contributed by atoms with Gasteiger partial charge >= 0.3 is 6.18 Å². The van der Waals surface area contributed by atoms with Crippen LogP contribution in [0.5, 0.6) is 0 Å². The summed E-state index contributed by atoms with van der Waals surface area (Å²) in [6.45, 7) is 1.92. The smallest absolute Gasteiger partial charge is 0.166 e. The fourth-order valence-corrected chi connectivity index (χ4v) is 0.627. The van der Waals surface area contributed by atoms with E-state index < -0.39 is 11.7 Å². The molecule has 0 aromatic heterocycles. The molecule has 1 atom stereocenters. The lowest BCUT2D eigenvalue weighted by molar-refractivity contribution is -0.137. The average molecular weight is 194 g/mol. The number of rotatable bonds is 0. The minimum atomic E-state index is -4.21. The molecular formula is C8H10F3P. The van der Waals surface area contributed by atoms with Crippen LogP contribution in [0.15, 0.2) is 30.3 Å². The van der Waals surface area contributed by atoms with Crippen molar-refractivity contribution in [3.63, 3.8) is 0 Å². The van der Waals surface area contributed by atoms with Crippen LogP contribution in [0.4, 0.5) is 13.2 Å². The van der Waals surface area contributed by atoms with Crippen LogP contribution in [0.1, 0.15) is 5.56 Å². The van der Waals surface area contributed by atoms with E-state index in [9.17, 15) is 13.2 Å². The van der Waals surface area contributed by atoms with E-state index in [-0.39, 0.29) is 0 Å². The molecular weight excluding hydrogens is 184 g/mol. The van der Waals surface area contributed by atoms with Gasteiger partial charge in [-0.15, -0.1) is 9.24 Å². The zero-order valence-electron chi connectivity index (χ0n) is 6.60. The van der Waals surface area contributed by atoms with Crippen LogP contribution >= 0.6 is 9.24 Å². The summed E-state index contributed by atoms with van der Waals surface area (Å²) in [6, 6.07) is 6.36. The number of hydrogen-bond donors (Lipinski definition) is 0. The Bertz CT molecular complexity index is 205. The average Bonchev–Trinajstić information content (AvgIpc) is 2.08. The topological polar surface area (TPSA) is 0 Å². The van der Waals surface area contributed by atoms with Gasteiger partial charge in [-0.1, -0.05) is 37.0 Å². The van der Waals surface area contributed by atoms with E-state index in [0.717, 1.165) is 12.1 Å². The summed E-state index contributed by atoms with van der Waals surface area (Å²) in [5, 5.41) is 0. The van der Waals surface area contributed by atoms with Crippen molar-refractivity contribution in [2.45, 2.75) is 6.18 Å². The molecule has 0 fully saturated rings. The maximum Gasteiger partial charge on any atom is 0.416 e. The fourth-order valence-electron chi connectivity index (χ4n) is 0.627. The quantitative estimate of drug-likeness (QED) is 0.556. The molecule has 0 spiro atoms.